The molecule has 6 nitrogen and oxygen atoms in total. The van der Waals surface area contributed by atoms with Gasteiger partial charge in [0.1, 0.15) is 18.1 Å². The zero-order chi connectivity index (χ0) is 20.6. The Labute approximate surface area is 173 Å². The van der Waals surface area contributed by atoms with Crippen LogP contribution in [0.3, 0.4) is 0 Å². The molecule has 0 fully saturated rings. The topological polar surface area (TPSA) is 74.0 Å². The smallest absolute Gasteiger partial charge is 0.269 e. The number of rotatable bonds is 8. The van der Waals surface area contributed by atoms with Crippen molar-refractivity contribution in [3.05, 3.63) is 93.0 Å². The van der Waals surface area contributed by atoms with Gasteiger partial charge < -0.3 is 9.47 Å². The molecule has 148 valence electrons. The Morgan fingerprint density at radius 1 is 1.03 bits per heavy atom. The van der Waals surface area contributed by atoms with Crippen LogP contribution >= 0.6 is 11.6 Å². The zero-order valence-corrected chi connectivity index (χ0v) is 16.5. The summed E-state index contributed by atoms with van der Waals surface area (Å²) in [5, 5.41) is 11.3. The lowest BCUT2D eigenvalue weighted by Gasteiger charge is -2.10. The lowest BCUT2D eigenvalue weighted by molar-refractivity contribution is -0.384. The fraction of sp³-hybridized carbons (Fsp3) is 0.136. The van der Waals surface area contributed by atoms with Crippen LogP contribution in [0.5, 0.6) is 11.5 Å². The van der Waals surface area contributed by atoms with E-state index in [2.05, 4.69) is 4.99 Å². The fourth-order valence-corrected chi connectivity index (χ4v) is 2.75. The number of halogens is 1. The van der Waals surface area contributed by atoms with Gasteiger partial charge in [0.25, 0.3) is 5.69 Å². The van der Waals surface area contributed by atoms with Gasteiger partial charge in [-0.3, -0.25) is 15.1 Å². The highest BCUT2D eigenvalue weighted by Crippen LogP contribution is 2.24. The van der Waals surface area contributed by atoms with Crippen molar-refractivity contribution in [1.29, 1.82) is 0 Å². The fourth-order valence-electron chi connectivity index (χ4n) is 2.57. The molecule has 0 atom stereocenters. The predicted molar refractivity (Wildman–Crippen MR) is 114 cm³/mol. The second-order valence-electron chi connectivity index (χ2n) is 6.08. The summed E-state index contributed by atoms with van der Waals surface area (Å²) in [6.45, 7) is 2.81. The monoisotopic (exact) mass is 410 g/mol. The van der Waals surface area contributed by atoms with Crippen molar-refractivity contribution in [3.63, 3.8) is 0 Å². The first kappa shape index (κ1) is 20.4. The molecule has 3 aromatic rings. The van der Waals surface area contributed by atoms with Crippen LogP contribution in [0.15, 0.2) is 71.7 Å². The number of aliphatic imine (C=N–C) groups is 1. The molecule has 3 aromatic carbocycles. The highest BCUT2D eigenvalue weighted by molar-refractivity contribution is 6.30. The molecule has 0 saturated carbocycles. The molecule has 0 bridgehead atoms. The Kier molecular flexibility index (Phi) is 6.81. The molecular weight excluding hydrogens is 392 g/mol. The standard InChI is InChI=1S/C22H19ClN2O4/c1-2-28-21-10-6-19(7-11-21)24-14-17-13-18(23)5-12-22(17)29-15-16-3-8-20(9-4-16)25(26)27/h3-14H,2,15H2,1H3. The molecule has 0 aliphatic rings. The molecule has 0 aliphatic heterocycles. The minimum absolute atomic E-state index is 0.0448. The molecule has 29 heavy (non-hydrogen) atoms. The Morgan fingerprint density at radius 3 is 2.41 bits per heavy atom. The van der Waals surface area contributed by atoms with Crippen molar-refractivity contribution >= 4 is 29.2 Å². The Hall–Kier alpha value is -3.38. The Morgan fingerprint density at radius 2 is 1.76 bits per heavy atom. The number of hydrogen-bond donors (Lipinski definition) is 0. The van der Waals surface area contributed by atoms with Gasteiger partial charge in [0, 0.05) is 28.9 Å². The largest absolute Gasteiger partial charge is 0.494 e. The van der Waals surface area contributed by atoms with Gasteiger partial charge in [-0.1, -0.05) is 11.6 Å². The van der Waals surface area contributed by atoms with E-state index >= 15 is 0 Å². The van der Waals surface area contributed by atoms with Gasteiger partial charge in [-0.15, -0.1) is 0 Å². The van der Waals surface area contributed by atoms with Crippen molar-refractivity contribution in [3.8, 4) is 11.5 Å². The number of non-ortho nitro benzene ring substituents is 1. The van der Waals surface area contributed by atoms with Crippen molar-refractivity contribution in [2.75, 3.05) is 6.61 Å². The van der Waals surface area contributed by atoms with Crippen molar-refractivity contribution < 1.29 is 14.4 Å². The maximum Gasteiger partial charge on any atom is 0.269 e. The molecule has 0 saturated heterocycles. The molecule has 0 heterocycles. The second kappa shape index (κ2) is 9.71. The van der Waals surface area contributed by atoms with E-state index in [-0.39, 0.29) is 12.3 Å². The van der Waals surface area contributed by atoms with Gasteiger partial charge in [0.05, 0.1) is 17.2 Å². The molecular formula is C22H19ClN2O4. The van der Waals surface area contributed by atoms with Gasteiger partial charge in [-0.25, -0.2) is 0 Å². The lowest BCUT2D eigenvalue weighted by Crippen LogP contribution is -1.99. The van der Waals surface area contributed by atoms with Gasteiger partial charge in [0.2, 0.25) is 0 Å². The van der Waals surface area contributed by atoms with Gasteiger partial charge >= 0.3 is 0 Å². The SMILES string of the molecule is CCOc1ccc(N=Cc2cc(Cl)ccc2OCc2ccc([N+](=O)[O-])cc2)cc1. The van der Waals surface area contributed by atoms with Crippen molar-refractivity contribution in [1.82, 2.24) is 0 Å². The highest BCUT2D eigenvalue weighted by atomic mass is 35.5. The highest BCUT2D eigenvalue weighted by Gasteiger charge is 2.07. The number of nitro benzene ring substituents is 1. The molecule has 0 N–H and O–H groups in total. The average molecular weight is 411 g/mol. The summed E-state index contributed by atoms with van der Waals surface area (Å²) >= 11 is 6.12. The zero-order valence-electron chi connectivity index (χ0n) is 15.7. The van der Waals surface area contributed by atoms with Crippen LogP contribution in [-0.4, -0.2) is 17.7 Å². The minimum atomic E-state index is -0.431. The quantitative estimate of drug-likeness (QED) is 0.260. The average Bonchev–Trinajstić information content (AvgIpc) is 2.73. The van der Waals surface area contributed by atoms with Crippen molar-refractivity contribution in [2.24, 2.45) is 4.99 Å². The predicted octanol–water partition coefficient (Wildman–Crippen LogP) is 5.98. The van der Waals surface area contributed by atoms with E-state index in [0.717, 1.165) is 22.6 Å². The minimum Gasteiger partial charge on any atom is -0.494 e. The van der Waals surface area contributed by atoms with Crippen LogP contribution in [0.2, 0.25) is 5.02 Å². The van der Waals surface area contributed by atoms with Crippen LogP contribution < -0.4 is 9.47 Å². The Balaban J connectivity index is 1.72. The van der Waals surface area contributed by atoms with Gasteiger partial charge in [-0.2, -0.15) is 0 Å². The van der Waals surface area contributed by atoms with Gasteiger partial charge in [0.15, 0.2) is 0 Å². The van der Waals surface area contributed by atoms with Crippen LogP contribution in [0, 0.1) is 10.1 Å². The maximum absolute atomic E-state index is 10.7. The number of hydrogen-bond acceptors (Lipinski definition) is 5. The number of nitrogens with zero attached hydrogens (tertiary/aromatic N) is 2. The molecule has 0 spiro atoms. The first-order chi connectivity index (χ1) is 14.0. The molecule has 0 unspecified atom stereocenters. The van der Waals surface area contributed by atoms with E-state index in [1.807, 2.05) is 31.2 Å². The van der Waals surface area contributed by atoms with E-state index in [0.29, 0.717) is 17.4 Å². The third-order valence-corrected chi connectivity index (χ3v) is 4.25. The molecule has 0 aromatic heterocycles. The molecule has 7 heteroatoms. The summed E-state index contributed by atoms with van der Waals surface area (Å²) < 4.78 is 11.3. The summed E-state index contributed by atoms with van der Waals surface area (Å²) in [6.07, 6.45) is 1.69. The van der Waals surface area contributed by atoms with E-state index in [1.165, 1.54) is 12.1 Å². The van der Waals surface area contributed by atoms with E-state index in [4.69, 9.17) is 21.1 Å². The number of ether oxygens (including phenoxy) is 2. The summed E-state index contributed by atoms with van der Waals surface area (Å²) in [5.74, 6) is 1.41. The van der Waals surface area contributed by atoms with Crippen LogP contribution in [0.4, 0.5) is 11.4 Å². The van der Waals surface area contributed by atoms with E-state index < -0.39 is 4.92 Å². The van der Waals surface area contributed by atoms with Crippen LogP contribution in [0.25, 0.3) is 0 Å². The lowest BCUT2D eigenvalue weighted by atomic mass is 10.2. The van der Waals surface area contributed by atoms with Crippen LogP contribution in [0.1, 0.15) is 18.1 Å². The number of nitro groups is 1. The van der Waals surface area contributed by atoms with Crippen LogP contribution in [-0.2, 0) is 6.61 Å². The van der Waals surface area contributed by atoms with E-state index in [1.54, 1.807) is 36.5 Å². The molecule has 0 aliphatic carbocycles. The Bertz CT molecular complexity index is 1000. The molecule has 3 rings (SSSR count). The summed E-state index contributed by atoms with van der Waals surface area (Å²) in [4.78, 5) is 14.8. The summed E-state index contributed by atoms with van der Waals surface area (Å²) in [6, 6.07) is 19.0. The first-order valence-corrected chi connectivity index (χ1v) is 9.35. The normalized spacial score (nSPS) is 10.8. The maximum atomic E-state index is 10.7. The molecule has 0 amide bonds. The third kappa shape index (κ3) is 5.80. The molecule has 0 radical (unpaired) electrons. The first-order valence-electron chi connectivity index (χ1n) is 8.98. The second-order valence-corrected chi connectivity index (χ2v) is 6.52. The van der Waals surface area contributed by atoms with Gasteiger partial charge in [-0.05, 0) is 67.1 Å². The summed E-state index contributed by atoms with van der Waals surface area (Å²) in [7, 11) is 0. The summed E-state index contributed by atoms with van der Waals surface area (Å²) in [5.41, 5.74) is 2.37. The van der Waals surface area contributed by atoms with Crippen molar-refractivity contribution in [2.45, 2.75) is 13.5 Å². The third-order valence-electron chi connectivity index (χ3n) is 4.01. The van der Waals surface area contributed by atoms with E-state index in [9.17, 15) is 10.1 Å². The number of benzene rings is 3.